The predicted octanol–water partition coefficient (Wildman–Crippen LogP) is 9.70. The van der Waals surface area contributed by atoms with Crippen molar-refractivity contribution in [1.29, 1.82) is 0 Å². The summed E-state index contributed by atoms with van der Waals surface area (Å²) < 4.78 is 106. The third-order valence-electron chi connectivity index (χ3n) is 15.9. The van der Waals surface area contributed by atoms with Crippen LogP contribution in [0.3, 0.4) is 0 Å². The fourth-order valence-electron chi connectivity index (χ4n) is 12.4. The number of piperidine rings is 2. The molecule has 0 saturated carbocycles. The van der Waals surface area contributed by atoms with Gasteiger partial charge in [-0.05, 0) is 150 Å². The minimum atomic E-state index is -1.28. The molecule has 4 heterocycles. The summed E-state index contributed by atoms with van der Waals surface area (Å²) in [5.41, 5.74) is -1.60. The number of hydrogen-bond acceptors (Lipinski definition) is 9. The number of rotatable bonds is 21. The van der Waals surface area contributed by atoms with E-state index in [2.05, 4.69) is 56.3 Å². The number of halogens is 6. The summed E-state index contributed by atoms with van der Waals surface area (Å²) in [6.07, 6.45) is 6.98. The number of nitrogens with one attached hydrogen (secondary N) is 3. The molecular formula is C56H74F6N7O2. The molecule has 387 valence electrons. The summed E-state index contributed by atoms with van der Waals surface area (Å²) in [6.45, 7) is 15.0. The van der Waals surface area contributed by atoms with Crippen LogP contribution in [0.5, 0.6) is 0 Å². The lowest BCUT2D eigenvalue weighted by Crippen LogP contribution is -2.65. The molecule has 0 spiro atoms. The van der Waals surface area contributed by atoms with Gasteiger partial charge < -0.3 is 9.47 Å². The predicted molar refractivity (Wildman–Crippen MR) is 266 cm³/mol. The van der Waals surface area contributed by atoms with Crippen LogP contribution in [0.25, 0.3) is 0 Å². The smallest absolute Gasteiger partial charge is 0.129 e. The standard InChI is InChI=1S/C56H74F6N7O2/c1-4-54(68-27-7-5-11-41(68)2,49-39-47(59)17-19-51(49)61)64-25-22-55(44-14-10-16-46(58)38-44,69-28-8-6-12-42(69)3)65-26-23-56(67-31-35-71-36-32-67,50-40-48(60)18-20-52(50)62)63-24-21-53(66-29-33-70-34-30-66)43-13-9-15-45(57)37-43/h9-10,13-20,37-42,53,63-65H,1,4-8,11-12,21-36H2,2-3H3. The van der Waals surface area contributed by atoms with E-state index < -0.39 is 46.1 Å². The second-order valence-electron chi connectivity index (χ2n) is 20.1. The molecule has 0 aromatic heterocycles. The second kappa shape index (κ2) is 24.4. The van der Waals surface area contributed by atoms with Crippen LogP contribution in [0.4, 0.5) is 26.3 Å². The zero-order valence-corrected chi connectivity index (χ0v) is 41.7. The highest BCUT2D eigenvalue weighted by atomic mass is 19.1. The maximum Gasteiger partial charge on any atom is 0.129 e. The van der Waals surface area contributed by atoms with Crippen molar-refractivity contribution in [2.45, 2.75) is 113 Å². The van der Waals surface area contributed by atoms with Crippen molar-refractivity contribution in [3.05, 3.63) is 149 Å². The number of likely N-dealkylation sites (tertiary alicyclic amines) is 2. The SMILES string of the molecule is [CH2]CC(NCCC(NCCC(NCCC(c1cccc(F)c1)N1CCOCC1)(c1cc(F)ccc1F)N1CCOCC1)(c1cccc(F)c1)N1CCCCC1C)(c1cc(F)ccc1F)N1CCCCC1C. The van der Waals surface area contributed by atoms with Gasteiger partial charge >= 0.3 is 0 Å². The van der Waals surface area contributed by atoms with E-state index in [4.69, 9.17) is 9.47 Å². The summed E-state index contributed by atoms with van der Waals surface area (Å²) in [7, 11) is 0. The minimum Gasteiger partial charge on any atom is -0.379 e. The first-order chi connectivity index (χ1) is 34.4. The van der Waals surface area contributed by atoms with Crippen molar-refractivity contribution in [3.63, 3.8) is 0 Å². The van der Waals surface area contributed by atoms with E-state index in [0.717, 1.165) is 56.2 Å². The lowest BCUT2D eigenvalue weighted by atomic mass is 9.86. The molecular weight excluding hydrogens is 917 g/mol. The molecule has 4 fully saturated rings. The number of benzene rings is 4. The van der Waals surface area contributed by atoms with Crippen LogP contribution in [0.2, 0.25) is 0 Å². The molecule has 4 aromatic carbocycles. The van der Waals surface area contributed by atoms with Gasteiger partial charge in [0, 0.05) is 81.6 Å². The van der Waals surface area contributed by atoms with E-state index in [1.807, 2.05) is 12.1 Å². The van der Waals surface area contributed by atoms with Crippen molar-refractivity contribution in [1.82, 2.24) is 35.6 Å². The van der Waals surface area contributed by atoms with Crippen LogP contribution < -0.4 is 16.0 Å². The highest BCUT2D eigenvalue weighted by Gasteiger charge is 2.47. The third kappa shape index (κ3) is 12.1. The summed E-state index contributed by atoms with van der Waals surface area (Å²) in [5.74, 6) is -2.94. The Morgan fingerprint density at radius 3 is 1.65 bits per heavy atom. The number of ether oxygens (including phenoxy) is 2. The molecule has 0 aliphatic carbocycles. The lowest BCUT2D eigenvalue weighted by molar-refractivity contribution is -0.0545. The average molecular weight is 991 g/mol. The Morgan fingerprint density at radius 2 is 1.07 bits per heavy atom. The van der Waals surface area contributed by atoms with Crippen LogP contribution in [-0.4, -0.2) is 117 Å². The Kier molecular flexibility index (Phi) is 18.4. The molecule has 6 unspecified atom stereocenters. The zero-order valence-electron chi connectivity index (χ0n) is 41.7. The summed E-state index contributed by atoms with van der Waals surface area (Å²) in [5, 5.41) is 11.6. The van der Waals surface area contributed by atoms with Crippen molar-refractivity contribution >= 4 is 0 Å². The Balaban J connectivity index is 1.18. The van der Waals surface area contributed by atoms with Gasteiger partial charge in [-0.2, -0.15) is 0 Å². The highest BCUT2D eigenvalue weighted by molar-refractivity contribution is 5.31. The molecule has 4 aliphatic heterocycles. The molecule has 4 aromatic rings. The zero-order chi connectivity index (χ0) is 50.0. The van der Waals surface area contributed by atoms with Crippen molar-refractivity contribution in [2.75, 3.05) is 85.3 Å². The Labute approximate surface area is 417 Å². The number of nitrogens with zero attached hydrogens (tertiary/aromatic N) is 4. The van der Waals surface area contributed by atoms with Gasteiger partial charge in [0.1, 0.15) is 46.2 Å². The molecule has 9 nitrogen and oxygen atoms in total. The van der Waals surface area contributed by atoms with Crippen molar-refractivity contribution in [2.24, 2.45) is 0 Å². The van der Waals surface area contributed by atoms with E-state index in [1.54, 1.807) is 24.3 Å². The largest absolute Gasteiger partial charge is 0.379 e. The molecule has 15 heteroatoms. The van der Waals surface area contributed by atoms with Crippen LogP contribution in [0.15, 0.2) is 84.9 Å². The number of morpholine rings is 2. The van der Waals surface area contributed by atoms with Gasteiger partial charge in [0.15, 0.2) is 0 Å². The van der Waals surface area contributed by atoms with E-state index >= 15 is 22.0 Å². The highest BCUT2D eigenvalue weighted by Crippen LogP contribution is 2.41. The maximum atomic E-state index is 16.7. The molecule has 71 heavy (non-hydrogen) atoms. The molecule has 6 atom stereocenters. The van der Waals surface area contributed by atoms with Gasteiger partial charge in [0.05, 0.1) is 32.1 Å². The van der Waals surface area contributed by atoms with Crippen molar-refractivity contribution in [3.8, 4) is 0 Å². The normalized spacial score (nSPS) is 23.2. The lowest BCUT2D eigenvalue weighted by Gasteiger charge is -2.53. The van der Waals surface area contributed by atoms with Crippen LogP contribution in [0, 0.1) is 41.8 Å². The van der Waals surface area contributed by atoms with Gasteiger partial charge in [0.25, 0.3) is 0 Å². The van der Waals surface area contributed by atoms with E-state index in [9.17, 15) is 4.39 Å². The Hall–Kier alpha value is -3.90. The van der Waals surface area contributed by atoms with Crippen LogP contribution in [0.1, 0.15) is 106 Å². The topological polar surface area (TPSA) is 67.5 Å². The first-order valence-electron chi connectivity index (χ1n) is 26.0. The monoisotopic (exact) mass is 991 g/mol. The molecule has 0 amide bonds. The van der Waals surface area contributed by atoms with Crippen molar-refractivity contribution < 1.29 is 35.8 Å². The Morgan fingerprint density at radius 1 is 0.563 bits per heavy atom. The van der Waals surface area contributed by atoms with Gasteiger partial charge in [-0.3, -0.25) is 35.6 Å². The van der Waals surface area contributed by atoms with Gasteiger partial charge in [-0.25, -0.2) is 26.3 Å². The summed E-state index contributed by atoms with van der Waals surface area (Å²) in [6, 6.07) is 20.4. The average Bonchev–Trinajstić information content (AvgIpc) is 3.38. The fraction of sp³-hybridized carbons (Fsp3) is 0.554. The molecule has 1 radical (unpaired) electrons. The first-order valence-corrected chi connectivity index (χ1v) is 26.0. The first kappa shape index (κ1) is 53.4. The molecule has 8 rings (SSSR count). The quantitative estimate of drug-likeness (QED) is 0.0709. The van der Waals surface area contributed by atoms with Crippen LogP contribution in [-0.2, 0) is 26.5 Å². The maximum absolute atomic E-state index is 16.7. The molecule has 4 aliphatic rings. The van der Waals surface area contributed by atoms with Gasteiger partial charge in [0.2, 0.25) is 0 Å². The molecule has 3 N–H and O–H groups in total. The number of hydrogen-bond donors (Lipinski definition) is 3. The van der Waals surface area contributed by atoms with Gasteiger partial charge in [-0.15, -0.1) is 0 Å². The molecule has 4 saturated heterocycles. The third-order valence-corrected chi connectivity index (χ3v) is 15.9. The molecule has 0 bridgehead atoms. The summed E-state index contributed by atoms with van der Waals surface area (Å²) >= 11 is 0. The van der Waals surface area contributed by atoms with E-state index in [1.165, 1.54) is 36.4 Å². The van der Waals surface area contributed by atoms with E-state index in [0.29, 0.717) is 90.6 Å². The second-order valence-corrected chi connectivity index (χ2v) is 20.1. The van der Waals surface area contributed by atoms with E-state index in [-0.39, 0.29) is 61.0 Å². The Bertz CT molecular complexity index is 2340. The van der Waals surface area contributed by atoms with Gasteiger partial charge in [-0.1, -0.05) is 37.1 Å². The fourth-order valence-corrected chi connectivity index (χ4v) is 12.4. The minimum absolute atomic E-state index is 0.0518. The van der Waals surface area contributed by atoms with Crippen LogP contribution >= 0.6 is 0 Å². The summed E-state index contributed by atoms with van der Waals surface area (Å²) in [4.78, 5) is 9.08.